The van der Waals surface area contributed by atoms with Crippen LogP contribution in [0.25, 0.3) is 0 Å². The number of nitrogens with zero attached hydrogens (tertiary/aromatic N) is 4. The molecule has 0 N–H and O–H groups in total. The van der Waals surface area contributed by atoms with Crippen LogP contribution in [-0.2, 0) is 4.79 Å². The van der Waals surface area contributed by atoms with E-state index in [1.807, 2.05) is 40.1 Å². The molecule has 2 amide bonds. The molecule has 0 radical (unpaired) electrons. The molecule has 6 heteroatoms. The molecule has 2 aromatic rings. The zero-order valence-corrected chi connectivity index (χ0v) is 13.3. The van der Waals surface area contributed by atoms with Gasteiger partial charge in [-0.25, -0.2) is 0 Å². The SMILES string of the molecule is O=C(c1ccnnc1)N1CCC2(CC(=O)N(c3ccccc3)C2)C1. The number of aromatic nitrogens is 2. The molecule has 1 unspecified atom stereocenters. The first-order valence-electron chi connectivity index (χ1n) is 8.08. The van der Waals surface area contributed by atoms with Crippen LogP contribution in [0.1, 0.15) is 23.2 Å². The maximum absolute atomic E-state index is 12.6. The number of anilines is 1. The largest absolute Gasteiger partial charge is 0.338 e. The van der Waals surface area contributed by atoms with Crippen molar-refractivity contribution in [3.05, 3.63) is 54.4 Å². The molecule has 2 aliphatic heterocycles. The molecule has 0 saturated carbocycles. The minimum Gasteiger partial charge on any atom is -0.338 e. The molecule has 122 valence electrons. The molecule has 6 nitrogen and oxygen atoms in total. The van der Waals surface area contributed by atoms with Crippen LogP contribution >= 0.6 is 0 Å². The van der Waals surface area contributed by atoms with Crippen molar-refractivity contribution in [3.63, 3.8) is 0 Å². The molecule has 2 fully saturated rings. The van der Waals surface area contributed by atoms with Gasteiger partial charge in [0, 0.05) is 37.2 Å². The predicted octanol–water partition coefficient (Wildman–Crippen LogP) is 1.75. The van der Waals surface area contributed by atoms with E-state index in [4.69, 9.17) is 0 Å². The van der Waals surface area contributed by atoms with Crippen molar-refractivity contribution >= 4 is 17.5 Å². The third-order valence-corrected chi connectivity index (χ3v) is 4.95. The van der Waals surface area contributed by atoms with E-state index in [2.05, 4.69) is 10.2 Å². The molecule has 3 heterocycles. The Hall–Kier alpha value is -2.76. The van der Waals surface area contributed by atoms with Crippen molar-refractivity contribution in [1.82, 2.24) is 15.1 Å². The Bertz CT molecular complexity index is 765. The summed E-state index contributed by atoms with van der Waals surface area (Å²) in [7, 11) is 0. The van der Waals surface area contributed by atoms with Crippen molar-refractivity contribution in [2.75, 3.05) is 24.5 Å². The molecule has 1 aromatic carbocycles. The first-order chi connectivity index (χ1) is 11.7. The normalized spacial score (nSPS) is 23.2. The monoisotopic (exact) mass is 322 g/mol. The molecular formula is C18H18N4O2. The fourth-order valence-corrected chi connectivity index (χ4v) is 3.72. The summed E-state index contributed by atoms with van der Waals surface area (Å²) >= 11 is 0. The van der Waals surface area contributed by atoms with Crippen molar-refractivity contribution < 1.29 is 9.59 Å². The Kier molecular flexibility index (Phi) is 3.52. The second-order valence-electron chi connectivity index (χ2n) is 6.60. The summed E-state index contributed by atoms with van der Waals surface area (Å²) in [5, 5.41) is 7.48. The maximum Gasteiger partial charge on any atom is 0.255 e. The number of rotatable bonds is 2. The van der Waals surface area contributed by atoms with Crippen molar-refractivity contribution in [2.45, 2.75) is 12.8 Å². The lowest BCUT2D eigenvalue weighted by Crippen LogP contribution is -2.34. The van der Waals surface area contributed by atoms with E-state index in [9.17, 15) is 9.59 Å². The van der Waals surface area contributed by atoms with E-state index in [1.165, 1.54) is 12.4 Å². The highest BCUT2D eigenvalue weighted by Gasteiger charge is 2.48. The van der Waals surface area contributed by atoms with Crippen LogP contribution in [0.15, 0.2) is 48.8 Å². The van der Waals surface area contributed by atoms with Gasteiger partial charge in [0.05, 0.1) is 18.0 Å². The molecule has 4 rings (SSSR count). The molecule has 1 aromatic heterocycles. The summed E-state index contributed by atoms with van der Waals surface area (Å²) in [6, 6.07) is 11.4. The first-order valence-corrected chi connectivity index (χ1v) is 8.08. The van der Waals surface area contributed by atoms with Crippen LogP contribution in [0.2, 0.25) is 0 Å². The molecule has 2 saturated heterocycles. The van der Waals surface area contributed by atoms with Gasteiger partial charge in [-0.15, -0.1) is 0 Å². The van der Waals surface area contributed by atoms with Gasteiger partial charge < -0.3 is 9.80 Å². The number of hydrogen-bond acceptors (Lipinski definition) is 4. The quantitative estimate of drug-likeness (QED) is 0.845. The highest BCUT2D eigenvalue weighted by atomic mass is 16.2. The van der Waals surface area contributed by atoms with Gasteiger partial charge in [0.2, 0.25) is 5.91 Å². The average Bonchev–Trinajstić information content (AvgIpc) is 3.19. The second kappa shape index (κ2) is 5.70. The fraction of sp³-hybridized carbons (Fsp3) is 0.333. The summed E-state index contributed by atoms with van der Waals surface area (Å²) in [5.41, 5.74) is 1.34. The van der Waals surface area contributed by atoms with Crippen LogP contribution in [0.3, 0.4) is 0 Å². The summed E-state index contributed by atoms with van der Waals surface area (Å²) in [5.74, 6) is 0.105. The molecule has 2 aliphatic rings. The van der Waals surface area contributed by atoms with E-state index in [-0.39, 0.29) is 17.2 Å². The molecule has 1 spiro atoms. The van der Waals surface area contributed by atoms with Gasteiger partial charge in [0.25, 0.3) is 5.91 Å². The summed E-state index contributed by atoms with van der Waals surface area (Å²) < 4.78 is 0. The molecular weight excluding hydrogens is 304 g/mol. The number of carbonyl (C=O) groups is 2. The number of amides is 2. The van der Waals surface area contributed by atoms with Gasteiger partial charge in [-0.05, 0) is 24.6 Å². The highest BCUT2D eigenvalue weighted by Crippen LogP contribution is 2.42. The van der Waals surface area contributed by atoms with E-state index in [0.29, 0.717) is 31.6 Å². The van der Waals surface area contributed by atoms with E-state index < -0.39 is 0 Å². The molecule has 24 heavy (non-hydrogen) atoms. The Balaban J connectivity index is 1.50. The van der Waals surface area contributed by atoms with Gasteiger partial charge >= 0.3 is 0 Å². The summed E-state index contributed by atoms with van der Waals surface area (Å²) in [6.07, 6.45) is 4.37. The minimum atomic E-state index is -0.136. The second-order valence-corrected chi connectivity index (χ2v) is 6.60. The van der Waals surface area contributed by atoms with Gasteiger partial charge in [-0.3, -0.25) is 9.59 Å². The topological polar surface area (TPSA) is 66.4 Å². The van der Waals surface area contributed by atoms with E-state index in [1.54, 1.807) is 6.07 Å². The standard InChI is InChI=1S/C18H18N4O2/c23-16-10-18(13-22(16)15-4-2-1-3-5-15)7-9-21(12-18)17(24)14-6-8-19-20-11-14/h1-6,8,11H,7,9-10,12-13H2. The summed E-state index contributed by atoms with van der Waals surface area (Å²) in [6.45, 7) is 1.97. The molecule has 0 aliphatic carbocycles. The van der Waals surface area contributed by atoms with Gasteiger partial charge in [-0.2, -0.15) is 10.2 Å². The van der Waals surface area contributed by atoms with Gasteiger partial charge in [-0.1, -0.05) is 18.2 Å². The highest BCUT2D eigenvalue weighted by molar-refractivity contribution is 5.97. The number of likely N-dealkylation sites (tertiary alicyclic amines) is 1. The molecule has 0 bridgehead atoms. The Morgan fingerprint density at radius 2 is 1.92 bits per heavy atom. The lowest BCUT2D eigenvalue weighted by Gasteiger charge is -2.24. The molecule has 1 atom stereocenters. The fourth-order valence-electron chi connectivity index (χ4n) is 3.72. The van der Waals surface area contributed by atoms with Crippen molar-refractivity contribution in [1.29, 1.82) is 0 Å². The van der Waals surface area contributed by atoms with E-state index in [0.717, 1.165) is 12.1 Å². The van der Waals surface area contributed by atoms with Crippen LogP contribution in [0.5, 0.6) is 0 Å². The Morgan fingerprint density at radius 1 is 1.08 bits per heavy atom. The van der Waals surface area contributed by atoms with Crippen LogP contribution in [-0.4, -0.2) is 46.5 Å². The zero-order valence-electron chi connectivity index (χ0n) is 13.3. The predicted molar refractivity (Wildman–Crippen MR) is 88.4 cm³/mol. The number of hydrogen-bond donors (Lipinski definition) is 0. The van der Waals surface area contributed by atoms with Crippen molar-refractivity contribution in [3.8, 4) is 0 Å². The third-order valence-electron chi connectivity index (χ3n) is 4.95. The number of para-hydroxylation sites is 1. The van der Waals surface area contributed by atoms with Gasteiger partial charge in [0.15, 0.2) is 0 Å². The smallest absolute Gasteiger partial charge is 0.255 e. The summed E-state index contributed by atoms with van der Waals surface area (Å²) in [4.78, 5) is 28.7. The van der Waals surface area contributed by atoms with Crippen LogP contribution < -0.4 is 4.90 Å². The lowest BCUT2D eigenvalue weighted by molar-refractivity contribution is -0.117. The zero-order chi connectivity index (χ0) is 16.6. The van der Waals surface area contributed by atoms with Crippen molar-refractivity contribution in [2.24, 2.45) is 5.41 Å². The lowest BCUT2D eigenvalue weighted by atomic mass is 9.86. The average molecular weight is 322 g/mol. The van der Waals surface area contributed by atoms with E-state index >= 15 is 0 Å². The first kappa shape index (κ1) is 14.8. The Labute approximate surface area is 140 Å². The number of carbonyl (C=O) groups excluding carboxylic acids is 2. The third kappa shape index (κ3) is 2.54. The number of benzene rings is 1. The Morgan fingerprint density at radius 3 is 2.67 bits per heavy atom. The van der Waals surface area contributed by atoms with Crippen LogP contribution in [0.4, 0.5) is 5.69 Å². The minimum absolute atomic E-state index is 0.0348. The van der Waals surface area contributed by atoms with Gasteiger partial charge in [0.1, 0.15) is 0 Å². The maximum atomic E-state index is 12.6. The van der Waals surface area contributed by atoms with Crippen LogP contribution in [0, 0.1) is 5.41 Å².